The maximum atomic E-state index is 14.6. The minimum Gasteiger partial charge on any atom is -0.507 e. The van der Waals surface area contributed by atoms with E-state index in [4.69, 9.17) is 23.9 Å². The van der Waals surface area contributed by atoms with Crippen LogP contribution in [0.15, 0.2) is 54.5 Å². The largest absolute Gasteiger partial charge is 0.507 e. The Bertz CT molecular complexity index is 2400. The fourth-order valence-electron chi connectivity index (χ4n) is 8.06. The van der Waals surface area contributed by atoms with Crippen LogP contribution in [0.4, 0.5) is 5.69 Å². The van der Waals surface area contributed by atoms with Crippen LogP contribution in [0.1, 0.15) is 63.0 Å². The Hall–Kier alpha value is -5.48. The Balaban J connectivity index is 1.59. The number of anilines is 1. The number of aliphatic hydroxyl groups is 3. The number of aryl methyl sites for hydroxylation is 1. The summed E-state index contributed by atoms with van der Waals surface area (Å²) in [4.78, 5) is 45.6. The smallest absolute Gasteiger partial charge is 0.312 e. The molecule has 4 heterocycles. The van der Waals surface area contributed by atoms with Crippen molar-refractivity contribution in [2.75, 3.05) is 19.0 Å². The van der Waals surface area contributed by atoms with Crippen molar-refractivity contribution in [3.63, 3.8) is 0 Å². The van der Waals surface area contributed by atoms with Gasteiger partial charge in [0.15, 0.2) is 5.75 Å². The summed E-state index contributed by atoms with van der Waals surface area (Å²) in [6.45, 7) is 12.0. The van der Waals surface area contributed by atoms with Crippen molar-refractivity contribution in [2.24, 2.45) is 23.7 Å². The zero-order valence-electron chi connectivity index (χ0n) is 33.9. The molecule has 15 heteroatoms. The van der Waals surface area contributed by atoms with Gasteiger partial charge in [-0.05, 0) is 44.5 Å². The van der Waals surface area contributed by atoms with Crippen LogP contribution in [-0.2, 0) is 23.8 Å². The molecular formula is C43H51N3O12. The van der Waals surface area contributed by atoms with Crippen molar-refractivity contribution in [3.05, 3.63) is 71.2 Å². The first-order chi connectivity index (χ1) is 27.4. The number of rotatable bonds is 3. The van der Waals surface area contributed by atoms with Crippen LogP contribution in [0.5, 0.6) is 17.2 Å². The quantitative estimate of drug-likeness (QED) is 0.117. The van der Waals surface area contributed by atoms with E-state index in [0.29, 0.717) is 5.65 Å². The number of fused-ring (bicyclic) bond motifs is 2. The van der Waals surface area contributed by atoms with Crippen LogP contribution < -0.4 is 10.1 Å². The zero-order valence-corrected chi connectivity index (χ0v) is 33.9. The minimum atomic E-state index is -2.02. The molecule has 2 aromatic carbocycles. The van der Waals surface area contributed by atoms with Gasteiger partial charge in [0.25, 0.3) is 11.7 Å². The molecule has 4 aromatic rings. The molecule has 0 radical (unpaired) electrons. The van der Waals surface area contributed by atoms with E-state index >= 15 is 0 Å². The van der Waals surface area contributed by atoms with Crippen molar-refractivity contribution >= 4 is 50.8 Å². The third kappa shape index (κ3) is 7.16. The Morgan fingerprint density at radius 3 is 2.40 bits per heavy atom. The number of phenols is 2. The SMILES string of the molecule is CO[C@H]1/C=C/O[C@@]2(C)Oc3c(C)c(O)c4c(O)c(c5c(nc6cc(C)ccn65)c4c3C2=O)NC(=O)/C(C)=C\C=C\[C@H](C)[C@H](O)[C@@H](C)[C@@H](O)[C@@H](C)[C@H](OC(C)=O)[C@@H]1CO. The highest BCUT2D eigenvalue weighted by molar-refractivity contribution is 6.28. The number of Topliss-reactive ketones (excluding diaryl/α,β-unsaturated/α-hetero) is 1. The molecule has 2 aliphatic heterocycles. The van der Waals surface area contributed by atoms with E-state index in [1.165, 1.54) is 40.0 Å². The molecule has 0 fully saturated rings. The third-order valence-electron chi connectivity index (χ3n) is 11.5. The van der Waals surface area contributed by atoms with Crippen LogP contribution in [0, 0.1) is 37.5 Å². The average molecular weight is 802 g/mol. The number of esters is 1. The number of aliphatic hydroxyl groups excluding tert-OH is 3. The van der Waals surface area contributed by atoms with E-state index < -0.39 is 89.6 Å². The topological polar surface area (TPSA) is 219 Å². The van der Waals surface area contributed by atoms with E-state index in [1.807, 2.05) is 13.0 Å². The van der Waals surface area contributed by atoms with Crippen LogP contribution in [0.25, 0.3) is 27.5 Å². The Morgan fingerprint density at radius 2 is 1.74 bits per heavy atom. The highest BCUT2D eigenvalue weighted by Gasteiger charge is 2.50. The highest BCUT2D eigenvalue weighted by Crippen LogP contribution is 2.54. The first kappa shape index (κ1) is 42.1. The second-order valence-corrected chi connectivity index (χ2v) is 15.6. The molecule has 15 nitrogen and oxygen atoms in total. The van der Waals surface area contributed by atoms with Gasteiger partial charge >= 0.3 is 11.8 Å². The van der Waals surface area contributed by atoms with Gasteiger partial charge in [0, 0.05) is 67.3 Å². The van der Waals surface area contributed by atoms with Gasteiger partial charge in [-0.25, -0.2) is 4.98 Å². The monoisotopic (exact) mass is 801 g/mol. The number of nitrogens with zero attached hydrogens (tertiary/aromatic N) is 2. The molecule has 0 saturated carbocycles. The standard InChI is InChI=1S/C43H51N3O12/c1-19-13-15-46-28(17-19)44-32-29-30-37(51)24(6)40-31(29)41(53)43(8,58-40)56-16-14-27(55-9)26(18-47)39(57-25(7)48)23(5)36(50)22(4)35(49)20(2)11-10-12-21(3)42(54)45-33(34(32)46)38(30)52/h10-17,20,22-23,26-27,35-36,39,47,49-52H,18H2,1-9H3,(H,45,54)/b11-10+,16-14+,21-12-/t20-,22+,23+,26+,27-,35-,36+,39-,43-/m0/s1. The van der Waals surface area contributed by atoms with E-state index in [1.54, 1.807) is 56.5 Å². The van der Waals surface area contributed by atoms with Gasteiger partial charge < -0.3 is 49.8 Å². The van der Waals surface area contributed by atoms with E-state index in [9.17, 15) is 39.9 Å². The number of methoxy groups -OCH3 is 1. The van der Waals surface area contributed by atoms with Crippen molar-refractivity contribution in [1.82, 2.24) is 9.38 Å². The molecule has 0 unspecified atom stereocenters. The van der Waals surface area contributed by atoms with E-state index in [0.717, 1.165) is 11.8 Å². The molecule has 4 bridgehead atoms. The fourth-order valence-corrected chi connectivity index (χ4v) is 8.06. The van der Waals surface area contributed by atoms with Crippen molar-refractivity contribution in [3.8, 4) is 17.2 Å². The Kier molecular flexibility index (Phi) is 11.7. The summed E-state index contributed by atoms with van der Waals surface area (Å²) in [7, 11) is 1.37. The summed E-state index contributed by atoms with van der Waals surface area (Å²) in [6.07, 6.45) is 4.66. The van der Waals surface area contributed by atoms with Crippen molar-refractivity contribution < 1.29 is 58.9 Å². The predicted molar refractivity (Wildman–Crippen MR) is 215 cm³/mol. The molecule has 58 heavy (non-hydrogen) atoms. The van der Waals surface area contributed by atoms with Crippen molar-refractivity contribution in [1.29, 1.82) is 0 Å². The van der Waals surface area contributed by atoms with E-state index in [2.05, 4.69) is 5.32 Å². The fraction of sp³-hybridized carbons (Fsp3) is 0.442. The number of carbonyl (C=O) groups excluding carboxylic acids is 3. The second kappa shape index (κ2) is 16.0. The number of ketones is 1. The number of amides is 1. The van der Waals surface area contributed by atoms with Gasteiger partial charge in [0.2, 0.25) is 0 Å². The van der Waals surface area contributed by atoms with Gasteiger partial charge in [-0.1, -0.05) is 39.0 Å². The third-order valence-corrected chi connectivity index (χ3v) is 11.5. The molecule has 2 aromatic heterocycles. The number of imidazole rings is 1. The van der Waals surface area contributed by atoms with Gasteiger partial charge in [0.05, 0.1) is 42.1 Å². The first-order valence-corrected chi connectivity index (χ1v) is 19.1. The van der Waals surface area contributed by atoms with Crippen LogP contribution in [0.2, 0.25) is 0 Å². The number of hydrogen-bond acceptors (Lipinski definition) is 13. The minimum absolute atomic E-state index is 0.00694. The molecular weight excluding hydrogens is 750 g/mol. The summed E-state index contributed by atoms with van der Waals surface area (Å²) in [5.41, 5.74) is 1.99. The number of carbonyl (C=O) groups is 3. The Morgan fingerprint density at radius 1 is 1.03 bits per heavy atom. The van der Waals surface area contributed by atoms with Gasteiger partial charge in [0.1, 0.15) is 40.0 Å². The maximum Gasteiger partial charge on any atom is 0.312 e. The van der Waals surface area contributed by atoms with E-state index in [-0.39, 0.29) is 49.9 Å². The second-order valence-electron chi connectivity index (χ2n) is 15.6. The predicted octanol–water partition coefficient (Wildman–Crippen LogP) is 5.13. The first-order valence-electron chi connectivity index (χ1n) is 19.1. The number of pyridine rings is 1. The van der Waals surface area contributed by atoms with Crippen LogP contribution in [-0.4, -0.2) is 96.5 Å². The lowest BCUT2D eigenvalue weighted by molar-refractivity contribution is -0.163. The number of phenolic OH excluding ortho intramolecular Hbond substituents is 2. The van der Waals surface area contributed by atoms with Crippen molar-refractivity contribution in [2.45, 2.75) is 85.6 Å². The summed E-state index contributed by atoms with van der Waals surface area (Å²) in [5, 5.41) is 60.0. The summed E-state index contributed by atoms with van der Waals surface area (Å²) in [5.74, 6) is -7.95. The van der Waals surface area contributed by atoms with Gasteiger partial charge in [-0.3, -0.25) is 18.8 Å². The summed E-state index contributed by atoms with van der Waals surface area (Å²) < 4.78 is 25.3. The van der Waals surface area contributed by atoms with Gasteiger partial charge in [-0.15, -0.1) is 0 Å². The normalized spacial score (nSPS) is 30.5. The zero-order chi connectivity index (χ0) is 42.5. The molecule has 9 atom stereocenters. The number of allylic oxidation sites excluding steroid dienone is 2. The average Bonchev–Trinajstić information content (AvgIpc) is 3.68. The molecule has 1 amide bonds. The molecule has 0 spiro atoms. The molecule has 6 rings (SSSR count). The molecule has 0 saturated heterocycles. The summed E-state index contributed by atoms with van der Waals surface area (Å²) in [6, 6.07) is 3.61. The molecule has 0 aliphatic carbocycles. The lowest BCUT2D eigenvalue weighted by atomic mass is 9.78. The molecule has 2 aliphatic rings. The number of hydrogen-bond donors (Lipinski definition) is 6. The highest BCUT2D eigenvalue weighted by atomic mass is 16.7. The van der Waals surface area contributed by atoms with Crippen LogP contribution in [0.3, 0.4) is 0 Å². The van der Waals surface area contributed by atoms with Crippen LogP contribution >= 0.6 is 0 Å². The molecule has 310 valence electrons. The number of aromatic nitrogens is 2. The number of ether oxygens (including phenoxy) is 4. The molecule has 6 N–H and O–H groups in total. The lowest BCUT2D eigenvalue weighted by Crippen LogP contribution is -2.48. The maximum absolute atomic E-state index is 14.6. The Labute approximate surface area is 335 Å². The van der Waals surface area contributed by atoms with Gasteiger partial charge in [-0.2, -0.15) is 0 Å². The number of nitrogens with one attached hydrogen (secondary N) is 1. The number of aromatic hydroxyl groups is 2. The lowest BCUT2D eigenvalue weighted by Gasteiger charge is -2.38. The summed E-state index contributed by atoms with van der Waals surface area (Å²) >= 11 is 0. The number of benzene rings is 2.